The summed E-state index contributed by atoms with van der Waals surface area (Å²) in [5.41, 5.74) is 0. The van der Waals surface area contributed by atoms with Crippen molar-refractivity contribution in [3.63, 3.8) is 0 Å². The number of nitrogens with zero attached hydrogens (tertiary/aromatic N) is 1. The predicted octanol–water partition coefficient (Wildman–Crippen LogP) is 0.189. The number of hydrogen-bond acceptors (Lipinski definition) is 3. The fourth-order valence-electron chi connectivity index (χ4n) is 1.99. The van der Waals surface area contributed by atoms with E-state index < -0.39 is 0 Å². The maximum Gasteiger partial charge on any atom is 0.410 e. The molecular formula is C8H14N2O2. The van der Waals surface area contributed by atoms with Gasteiger partial charge in [-0.15, -0.1) is 0 Å². The van der Waals surface area contributed by atoms with Crippen LogP contribution in [0.2, 0.25) is 0 Å². The molecule has 0 saturated carbocycles. The summed E-state index contributed by atoms with van der Waals surface area (Å²) in [6.07, 6.45) is 0.903. The molecule has 68 valence electrons. The average molecular weight is 170 g/mol. The normalized spacial score (nSPS) is 33.8. The molecule has 2 rings (SSSR count). The zero-order valence-corrected chi connectivity index (χ0v) is 7.25. The summed E-state index contributed by atoms with van der Waals surface area (Å²) in [5.74, 6) is 0. The van der Waals surface area contributed by atoms with Crippen LogP contribution in [0.25, 0.3) is 0 Å². The molecule has 0 aliphatic carbocycles. The number of nitrogens with one attached hydrogen (secondary N) is 1. The van der Waals surface area contributed by atoms with Gasteiger partial charge < -0.3 is 15.0 Å². The van der Waals surface area contributed by atoms with Crippen LogP contribution in [0, 0.1) is 0 Å². The van der Waals surface area contributed by atoms with Gasteiger partial charge in [0.05, 0.1) is 6.04 Å². The SMILES string of the molecule is CCN[C@H]1C[C@H]2COC(=O)N2C1. The van der Waals surface area contributed by atoms with Gasteiger partial charge in [0.1, 0.15) is 6.61 Å². The first-order chi connectivity index (χ1) is 5.81. The number of carbonyl (C=O) groups excluding carboxylic acids is 1. The van der Waals surface area contributed by atoms with Gasteiger partial charge >= 0.3 is 6.09 Å². The van der Waals surface area contributed by atoms with Crippen molar-refractivity contribution in [3.05, 3.63) is 0 Å². The maximum atomic E-state index is 11.1. The molecule has 4 nitrogen and oxygen atoms in total. The van der Waals surface area contributed by atoms with Crippen molar-refractivity contribution in [2.24, 2.45) is 0 Å². The second-order valence-electron chi connectivity index (χ2n) is 3.37. The van der Waals surface area contributed by atoms with E-state index >= 15 is 0 Å². The fourth-order valence-corrected chi connectivity index (χ4v) is 1.99. The molecule has 0 bridgehead atoms. The molecule has 0 spiro atoms. The molecule has 0 aromatic carbocycles. The Kier molecular flexibility index (Phi) is 1.92. The van der Waals surface area contributed by atoms with Crippen LogP contribution in [0.3, 0.4) is 0 Å². The summed E-state index contributed by atoms with van der Waals surface area (Å²) in [6, 6.07) is 0.814. The van der Waals surface area contributed by atoms with Crippen LogP contribution >= 0.6 is 0 Å². The number of cyclic esters (lactones) is 1. The third-order valence-corrected chi connectivity index (χ3v) is 2.54. The van der Waals surface area contributed by atoms with Gasteiger partial charge in [-0.05, 0) is 13.0 Å². The Bertz CT molecular complexity index is 195. The summed E-state index contributed by atoms with van der Waals surface area (Å²) in [5, 5.41) is 3.34. The van der Waals surface area contributed by atoms with E-state index in [4.69, 9.17) is 4.74 Å². The zero-order valence-electron chi connectivity index (χ0n) is 7.25. The number of carbonyl (C=O) groups is 1. The van der Waals surface area contributed by atoms with Crippen molar-refractivity contribution < 1.29 is 9.53 Å². The van der Waals surface area contributed by atoms with Crippen LogP contribution in [-0.2, 0) is 4.74 Å². The number of fused-ring (bicyclic) bond motifs is 1. The first-order valence-corrected chi connectivity index (χ1v) is 4.48. The lowest BCUT2D eigenvalue weighted by Gasteiger charge is -2.11. The largest absolute Gasteiger partial charge is 0.447 e. The number of hydrogen-bond donors (Lipinski definition) is 1. The summed E-state index contributed by atoms with van der Waals surface area (Å²) >= 11 is 0. The third-order valence-electron chi connectivity index (χ3n) is 2.54. The number of likely N-dealkylation sites (N-methyl/N-ethyl adjacent to an activating group) is 1. The lowest BCUT2D eigenvalue weighted by Crippen LogP contribution is -2.33. The predicted molar refractivity (Wildman–Crippen MR) is 43.9 cm³/mol. The Hall–Kier alpha value is -0.770. The van der Waals surface area contributed by atoms with Gasteiger partial charge in [0, 0.05) is 12.6 Å². The highest BCUT2D eigenvalue weighted by Gasteiger charge is 2.40. The topological polar surface area (TPSA) is 41.6 Å². The van der Waals surface area contributed by atoms with Gasteiger partial charge in [-0.2, -0.15) is 0 Å². The van der Waals surface area contributed by atoms with Crippen molar-refractivity contribution in [2.45, 2.75) is 25.4 Å². The fraction of sp³-hybridized carbons (Fsp3) is 0.875. The Balaban J connectivity index is 1.94. The molecule has 0 unspecified atom stereocenters. The standard InChI is InChI=1S/C8H14N2O2/c1-2-9-6-3-7-5-12-8(11)10(7)4-6/h6-7,9H,2-5H2,1H3/t6-,7-/m0/s1. The first kappa shape index (κ1) is 7.86. The van der Waals surface area contributed by atoms with E-state index in [2.05, 4.69) is 12.2 Å². The highest BCUT2D eigenvalue weighted by atomic mass is 16.6. The van der Waals surface area contributed by atoms with E-state index in [1.165, 1.54) is 0 Å². The molecule has 2 aliphatic rings. The quantitative estimate of drug-likeness (QED) is 0.643. The minimum Gasteiger partial charge on any atom is -0.447 e. The molecule has 4 heteroatoms. The van der Waals surface area contributed by atoms with E-state index in [1.54, 1.807) is 0 Å². The van der Waals surface area contributed by atoms with Gasteiger partial charge in [-0.3, -0.25) is 0 Å². The summed E-state index contributed by atoms with van der Waals surface area (Å²) in [6.45, 7) is 4.46. The van der Waals surface area contributed by atoms with Crippen molar-refractivity contribution in [1.29, 1.82) is 0 Å². The minimum absolute atomic E-state index is 0.139. The molecule has 2 saturated heterocycles. The van der Waals surface area contributed by atoms with Gasteiger partial charge in [-0.1, -0.05) is 6.92 Å². The summed E-state index contributed by atoms with van der Waals surface area (Å²) in [4.78, 5) is 12.9. The van der Waals surface area contributed by atoms with Crippen molar-refractivity contribution in [2.75, 3.05) is 19.7 Å². The number of amides is 1. The lowest BCUT2D eigenvalue weighted by atomic mass is 10.2. The van der Waals surface area contributed by atoms with E-state index in [0.717, 1.165) is 19.5 Å². The molecular weight excluding hydrogens is 156 g/mol. The van der Waals surface area contributed by atoms with Crippen LogP contribution in [0.15, 0.2) is 0 Å². The van der Waals surface area contributed by atoms with Crippen molar-refractivity contribution in [3.8, 4) is 0 Å². The summed E-state index contributed by atoms with van der Waals surface area (Å²) in [7, 11) is 0. The molecule has 2 heterocycles. The lowest BCUT2D eigenvalue weighted by molar-refractivity contribution is 0.157. The van der Waals surface area contributed by atoms with Crippen molar-refractivity contribution >= 4 is 6.09 Å². The number of rotatable bonds is 2. The molecule has 0 aromatic rings. The smallest absolute Gasteiger partial charge is 0.410 e. The first-order valence-electron chi connectivity index (χ1n) is 4.48. The molecule has 1 amide bonds. The molecule has 1 N–H and O–H groups in total. The summed E-state index contributed by atoms with van der Waals surface area (Å²) < 4.78 is 4.91. The van der Waals surface area contributed by atoms with Crippen LogP contribution in [0.1, 0.15) is 13.3 Å². The van der Waals surface area contributed by atoms with Gasteiger partial charge in [0.15, 0.2) is 0 Å². The highest BCUT2D eigenvalue weighted by Crippen LogP contribution is 2.23. The molecule has 2 aliphatic heterocycles. The van der Waals surface area contributed by atoms with Crippen LogP contribution in [0.4, 0.5) is 4.79 Å². The van der Waals surface area contributed by atoms with E-state index in [9.17, 15) is 4.79 Å². The minimum atomic E-state index is -0.139. The van der Waals surface area contributed by atoms with Crippen molar-refractivity contribution in [1.82, 2.24) is 10.2 Å². The molecule has 0 radical (unpaired) electrons. The van der Waals surface area contributed by atoms with Crippen LogP contribution in [0.5, 0.6) is 0 Å². The molecule has 0 aromatic heterocycles. The Morgan fingerprint density at radius 2 is 2.58 bits per heavy atom. The Labute approximate surface area is 71.9 Å². The van der Waals surface area contributed by atoms with E-state index in [1.807, 2.05) is 4.90 Å². The van der Waals surface area contributed by atoms with E-state index in [-0.39, 0.29) is 6.09 Å². The monoisotopic (exact) mass is 170 g/mol. The number of ether oxygens (including phenoxy) is 1. The highest BCUT2D eigenvalue weighted by molar-refractivity contribution is 5.70. The maximum absolute atomic E-state index is 11.1. The molecule has 2 atom stereocenters. The molecule has 2 fully saturated rings. The van der Waals surface area contributed by atoms with E-state index in [0.29, 0.717) is 18.7 Å². The van der Waals surface area contributed by atoms with Gasteiger partial charge in [0.2, 0.25) is 0 Å². The van der Waals surface area contributed by atoms with Crippen LogP contribution in [-0.4, -0.2) is 42.8 Å². The van der Waals surface area contributed by atoms with Gasteiger partial charge in [0.25, 0.3) is 0 Å². The Morgan fingerprint density at radius 1 is 1.75 bits per heavy atom. The average Bonchev–Trinajstić information content (AvgIpc) is 2.55. The van der Waals surface area contributed by atoms with Gasteiger partial charge in [-0.25, -0.2) is 4.79 Å². The second kappa shape index (κ2) is 2.94. The Morgan fingerprint density at radius 3 is 3.25 bits per heavy atom. The second-order valence-corrected chi connectivity index (χ2v) is 3.37. The third kappa shape index (κ3) is 1.16. The van der Waals surface area contributed by atoms with Crippen LogP contribution < -0.4 is 5.32 Å². The zero-order chi connectivity index (χ0) is 8.55. The molecule has 12 heavy (non-hydrogen) atoms.